The summed E-state index contributed by atoms with van der Waals surface area (Å²) in [7, 11) is 1.63. The zero-order chi connectivity index (χ0) is 11.5. The van der Waals surface area contributed by atoms with Gasteiger partial charge in [-0.05, 0) is 19.1 Å². The molecule has 3 N–H and O–H groups in total. The molecule has 2 aromatic rings. The Kier molecular flexibility index (Phi) is 2.87. The molecule has 0 fully saturated rings. The quantitative estimate of drug-likeness (QED) is 0.812. The van der Waals surface area contributed by atoms with Crippen LogP contribution in [-0.2, 0) is 6.54 Å². The summed E-state index contributed by atoms with van der Waals surface area (Å²) in [5.74, 6) is 2.03. The van der Waals surface area contributed by atoms with Gasteiger partial charge in [-0.25, -0.2) is 4.98 Å². The highest BCUT2D eigenvalue weighted by molar-refractivity contribution is 5.64. The minimum atomic E-state index is 0.348. The second-order valence-electron chi connectivity index (χ2n) is 3.51. The van der Waals surface area contributed by atoms with Crippen LogP contribution in [0.3, 0.4) is 0 Å². The number of H-pyrrole nitrogens is 1. The molecule has 1 aromatic carbocycles. The maximum absolute atomic E-state index is 5.48. The lowest BCUT2D eigenvalue weighted by Gasteiger charge is -2.05. The van der Waals surface area contributed by atoms with Crippen LogP contribution in [0.4, 0.5) is 0 Å². The van der Waals surface area contributed by atoms with E-state index in [1.807, 2.05) is 25.1 Å². The number of benzene rings is 1. The van der Waals surface area contributed by atoms with Crippen molar-refractivity contribution in [2.45, 2.75) is 13.5 Å². The van der Waals surface area contributed by atoms with Gasteiger partial charge >= 0.3 is 0 Å². The van der Waals surface area contributed by atoms with Gasteiger partial charge in [-0.15, -0.1) is 0 Å². The van der Waals surface area contributed by atoms with E-state index in [4.69, 9.17) is 10.5 Å². The van der Waals surface area contributed by atoms with E-state index in [2.05, 4.69) is 15.2 Å². The Hall–Kier alpha value is -1.88. The van der Waals surface area contributed by atoms with Crippen LogP contribution >= 0.6 is 0 Å². The molecule has 5 heteroatoms. The van der Waals surface area contributed by atoms with Crippen molar-refractivity contribution in [3.63, 3.8) is 0 Å². The lowest BCUT2D eigenvalue weighted by molar-refractivity contribution is 0.416. The SMILES string of the molecule is COc1ccc(C)cc1-c1n[nH]c(CN)n1. The first-order valence-corrected chi connectivity index (χ1v) is 5.01. The molecule has 0 atom stereocenters. The van der Waals surface area contributed by atoms with Crippen LogP contribution in [0, 0.1) is 6.92 Å². The van der Waals surface area contributed by atoms with Crippen molar-refractivity contribution in [2.75, 3.05) is 7.11 Å². The Morgan fingerprint density at radius 1 is 1.44 bits per heavy atom. The number of hydrogen-bond acceptors (Lipinski definition) is 4. The van der Waals surface area contributed by atoms with E-state index in [9.17, 15) is 0 Å². The molecule has 0 saturated carbocycles. The first-order valence-electron chi connectivity index (χ1n) is 5.01. The van der Waals surface area contributed by atoms with Crippen molar-refractivity contribution < 1.29 is 4.74 Å². The third-order valence-electron chi connectivity index (χ3n) is 2.32. The zero-order valence-corrected chi connectivity index (χ0v) is 9.32. The van der Waals surface area contributed by atoms with Gasteiger partial charge in [-0.2, -0.15) is 5.10 Å². The van der Waals surface area contributed by atoms with E-state index in [0.717, 1.165) is 16.9 Å². The molecule has 0 unspecified atom stereocenters. The van der Waals surface area contributed by atoms with Crippen molar-refractivity contribution in [3.8, 4) is 17.1 Å². The van der Waals surface area contributed by atoms with E-state index in [-0.39, 0.29) is 0 Å². The fourth-order valence-electron chi connectivity index (χ4n) is 1.50. The van der Waals surface area contributed by atoms with Crippen LogP contribution < -0.4 is 10.5 Å². The van der Waals surface area contributed by atoms with Crippen LogP contribution in [0.25, 0.3) is 11.4 Å². The maximum atomic E-state index is 5.48. The average Bonchev–Trinajstić information content (AvgIpc) is 2.77. The normalized spacial score (nSPS) is 10.4. The van der Waals surface area contributed by atoms with E-state index in [0.29, 0.717) is 18.2 Å². The first-order chi connectivity index (χ1) is 7.74. The van der Waals surface area contributed by atoms with Gasteiger partial charge in [0.05, 0.1) is 19.2 Å². The van der Waals surface area contributed by atoms with Crippen LogP contribution in [-0.4, -0.2) is 22.3 Å². The first kappa shape index (κ1) is 10.6. The number of nitrogens with two attached hydrogens (primary N) is 1. The number of nitrogens with zero attached hydrogens (tertiary/aromatic N) is 2. The Balaban J connectivity index is 2.49. The molecule has 0 bridgehead atoms. The van der Waals surface area contributed by atoms with Gasteiger partial charge in [0.25, 0.3) is 0 Å². The summed E-state index contributed by atoms with van der Waals surface area (Å²) in [6.07, 6.45) is 0. The van der Waals surface area contributed by atoms with Crippen molar-refractivity contribution in [3.05, 3.63) is 29.6 Å². The van der Waals surface area contributed by atoms with Gasteiger partial charge < -0.3 is 10.5 Å². The smallest absolute Gasteiger partial charge is 0.184 e. The number of aromatic amines is 1. The summed E-state index contributed by atoms with van der Waals surface area (Å²) in [6, 6.07) is 5.88. The maximum Gasteiger partial charge on any atom is 0.184 e. The van der Waals surface area contributed by atoms with E-state index in [1.54, 1.807) is 7.11 Å². The Morgan fingerprint density at radius 3 is 2.88 bits per heavy atom. The van der Waals surface area contributed by atoms with Crippen molar-refractivity contribution in [2.24, 2.45) is 5.73 Å². The lowest BCUT2D eigenvalue weighted by atomic mass is 10.1. The summed E-state index contributed by atoms with van der Waals surface area (Å²) in [5.41, 5.74) is 7.48. The standard InChI is InChI=1S/C11H14N4O/c1-7-3-4-9(16-2)8(5-7)11-13-10(6-12)14-15-11/h3-5H,6,12H2,1-2H3,(H,13,14,15). The van der Waals surface area contributed by atoms with Crippen molar-refractivity contribution in [1.82, 2.24) is 15.2 Å². The van der Waals surface area contributed by atoms with Crippen LogP contribution in [0.1, 0.15) is 11.4 Å². The predicted octanol–water partition coefficient (Wildman–Crippen LogP) is 1.25. The topological polar surface area (TPSA) is 76.8 Å². The third kappa shape index (κ3) is 1.90. The molecule has 5 nitrogen and oxygen atoms in total. The number of ether oxygens (including phenoxy) is 1. The summed E-state index contributed by atoms with van der Waals surface area (Å²) < 4.78 is 5.27. The molecular weight excluding hydrogens is 204 g/mol. The zero-order valence-electron chi connectivity index (χ0n) is 9.32. The molecule has 0 amide bonds. The number of aromatic nitrogens is 3. The second-order valence-corrected chi connectivity index (χ2v) is 3.51. The summed E-state index contributed by atoms with van der Waals surface area (Å²) in [4.78, 5) is 4.28. The predicted molar refractivity (Wildman–Crippen MR) is 61.0 cm³/mol. The van der Waals surface area contributed by atoms with Crippen molar-refractivity contribution >= 4 is 0 Å². The summed E-state index contributed by atoms with van der Waals surface area (Å²) in [6.45, 7) is 2.36. The largest absolute Gasteiger partial charge is 0.496 e. The van der Waals surface area contributed by atoms with Gasteiger partial charge in [0.2, 0.25) is 0 Å². The van der Waals surface area contributed by atoms with Gasteiger partial charge in [0.15, 0.2) is 5.82 Å². The Bertz CT molecular complexity index is 492. The summed E-state index contributed by atoms with van der Waals surface area (Å²) in [5, 5.41) is 6.89. The van der Waals surface area contributed by atoms with E-state index < -0.39 is 0 Å². The molecular formula is C11H14N4O. The molecule has 0 aliphatic rings. The van der Waals surface area contributed by atoms with Gasteiger partial charge in [0, 0.05) is 0 Å². The van der Waals surface area contributed by atoms with E-state index in [1.165, 1.54) is 0 Å². The molecule has 84 valence electrons. The fourth-order valence-corrected chi connectivity index (χ4v) is 1.50. The number of nitrogens with one attached hydrogen (secondary N) is 1. The number of rotatable bonds is 3. The highest BCUT2D eigenvalue weighted by Gasteiger charge is 2.10. The number of methoxy groups -OCH3 is 1. The highest BCUT2D eigenvalue weighted by Crippen LogP contribution is 2.27. The Morgan fingerprint density at radius 2 is 2.25 bits per heavy atom. The minimum Gasteiger partial charge on any atom is -0.496 e. The fraction of sp³-hybridized carbons (Fsp3) is 0.273. The lowest BCUT2D eigenvalue weighted by Crippen LogP contribution is -1.98. The van der Waals surface area contributed by atoms with Crippen LogP contribution in [0.15, 0.2) is 18.2 Å². The molecule has 0 radical (unpaired) electrons. The van der Waals surface area contributed by atoms with Gasteiger partial charge in [0.1, 0.15) is 11.6 Å². The van der Waals surface area contributed by atoms with Crippen molar-refractivity contribution in [1.29, 1.82) is 0 Å². The number of hydrogen-bond donors (Lipinski definition) is 2. The third-order valence-corrected chi connectivity index (χ3v) is 2.32. The van der Waals surface area contributed by atoms with E-state index >= 15 is 0 Å². The molecule has 2 rings (SSSR count). The molecule has 1 aromatic heterocycles. The molecule has 1 heterocycles. The molecule has 16 heavy (non-hydrogen) atoms. The second kappa shape index (κ2) is 4.32. The Labute approximate surface area is 93.7 Å². The molecule has 0 aliphatic carbocycles. The average molecular weight is 218 g/mol. The molecule has 0 aliphatic heterocycles. The molecule has 0 spiro atoms. The monoisotopic (exact) mass is 218 g/mol. The minimum absolute atomic E-state index is 0.348. The van der Waals surface area contributed by atoms with Crippen LogP contribution in [0.2, 0.25) is 0 Å². The number of aryl methyl sites for hydroxylation is 1. The molecule has 0 saturated heterocycles. The van der Waals surface area contributed by atoms with Crippen LogP contribution in [0.5, 0.6) is 5.75 Å². The van der Waals surface area contributed by atoms with Gasteiger partial charge in [-0.3, -0.25) is 5.10 Å². The van der Waals surface area contributed by atoms with Gasteiger partial charge in [-0.1, -0.05) is 11.6 Å². The highest BCUT2D eigenvalue weighted by atomic mass is 16.5. The summed E-state index contributed by atoms with van der Waals surface area (Å²) >= 11 is 0.